The van der Waals surface area contributed by atoms with Crippen molar-refractivity contribution in [3.8, 4) is 5.75 Å². The van der Waals surface area contributed by atoms with Crippen molar-refractivity contribution in [2.24, 2.45) is 11.8 Å². The molecular weight excluding hydrogens is 453 g/mol. The fourth-order valence-electron chi connectivity index (χ4n) is 5.42. The highest BCUT2D eigenvalue weighted by molar-refractivity contribution is 5.41. The van der Waals surface area contributed by atoms with Crippen LogP contribution in [0.5, 0.6) is 5.75 Å². The van der Waals surface area contributed by atoms with Gasteiger partial charge < -0.3 is 9.47 Å². The summed E-state index contributed by atoms with van der Waals surface area (Å²) in [6.45, 7) is 0.688. The molecule has 3 aromatic carbocycles. The van der Waals surface area contributed by atoms with E-state index in [0.717, 1.165) is 36.1 Å². The minimum Gasteiger partial charge on any atom is -0.496 e. The van der Waals surface area contributed by atoms with Crippen LogP contribution in [0.3, 0.4) is 0 Å². The first-order valence-corrected chi connectivity index (χ1v) is 11.7. The van der Waals surface area contributed by atoms with Crippen LogP contribution in [0.2, 0.25) is 0 Å². The summed E-state index contributed by atoms with van der Waals surface area (Å²) in [4.78, 5) is 0. The Morgan fingerprint density at radius 3 is 2.03 bits per heavy atom. The summed E-state index contributed by atoms with van der Waals surface area (Å²) in [5.41, 5.74) is 1.85. The van der Waals surface area contributed by atoms with E-state index in [2.05, 4.69) is 24.3 Å². The molecule has 0 bridgehead atoms. The Bertz CT molecular complexity index is 1050. The number of alkyl halides is 3. The number of nitrogens with zero attached hydrogens (tertiary/aromatic N) is 1. The van der Waals surface area contributed by atoms with Crippen molar-refractivity contribution in [1.29, 1.82) is 0 Å². The number of nitrogens with two attached hydrogens (primary N) is 1. The van der Waals surface area contributed by atoms with E-state index in [9.17, 15) is 13.2 Å². The largest absolute Gasteiger partial charge is 0.496 e. The third kappa shape index (κ3) is 5.37. The van der Waals surface area contributed by atoms with Gasteiger partial charge in [-0.05, 0) is 42.2 Å². The molecule has 0 radical (unpaired) electrons. The smallest absolute Gasteiger partial charge is 0.416 e. The zero-order valence-electron chi connectivity index (χ0n) is 19.9. The van der Waals surface area contributed by atoms with Crippen molar-refractivity contribution in [3.05, 3.63) is 101 Å². The molecule has 1 heterocycles. The van der Waals surface area contributed by atoms with Gasteiger partial charge in [0.2, 0.25) is 0 Å². The molecule has 186 valence electrons. The van der Waals surface area contributed by atoms with Gasteiger partial charge in [-0.2, -0.15) is 13.2 Å². The molecule has 3 aromatic rings. The van der Waals surface area contributed by atoms with Crippen molar-refractivity contribution in [3.63, 3.8) is 0 Å². The van der Waals surface area contributed by atoms with E-state index in [1.807, 2.05) is 41.4 Å². The summed E-state index contributed by atoms with van der Waals surface area (Å²) >= 11 is 0. The minimum atomic E-state index is -4.47. The fraction of sp³-hybridized carbons (Fsp3) is 0.357. The number of benzene rings is 3. The average molecular weight is 485 g/mol. The Balaban J connectivity index is 1.84. The number of hydrogen-bond donors (Lipinski definition) is 1. The van der Waals surface area contributed by atoms with Crippen LogP contribution >= 0.6 is 0 Å². The second-order valence-electron chi connectivity index (χ2n) is 8.94. The van der Waals surface area contributed by atoms with Crippen LogP contribution in [-0.2, 0) is 10.9 Å². The van der Waals surface area contributed by atoms with Gasteiger partial charge in [-0.15, -0.1) is 0 Å². The average Bonchev–Trinajstić information content (AvgIpc) is 2.87. The van der Waals surface area contributed by atoms with Crippen molar-refractivity contribution >= 4 is 0 Å². The third-order valence-corrected chi connectivity index (χ3v) is 6.94. The van der Waals surface area contributed by atoms with Crippen LogP contribution in [0.1, 0.15) is 47.1 Å². The Morgan fingerprint density at radius 1 is 0.914 bits per heavy atom. The monoisotopic (exact) mass is 484 g/mol. The Morgan fingerprint density at radius 2 is 1.51 bits per heavy atom. The zero-order valence-corrected chi connectivity index (χ0v) is 19.9. The second-order valence-corrected chi connectivity index (χ2v) is 8.94. The number of ether oxygens (including phenoxy) is 2. The molecule has 1 saturated heterocycles. The van der Waals surface area contributed by atoms with Crippen molar-refractivity contribution < 1.29 is 22.6 Å². The first-order chi connectivity index (χ1) is 16.8. The van der Waals surface area contributed by atoms with Gasteiger partial charge in [-0.3, -0.25) is 5.84 Å². The first-order valence-electron chi connectivity index (χ1n) is 11.7. The molecular formula is C28H31F3N2O2. The zero-order chi connectivity index (χ0) is 25.0. The molecule has 3 atom stereocenters. The third-order valence-electron chi connectivity index (χ3n) is 6.94. The lowest BCUT2D eigenvalue weighted by atomic mass is 9.72. The summed E-state index contributed by atoms with van der Waals surface area (Å²) in [6.07, 6.45) is -3.54. The van der Waals surface area contributed by atoms with Gasteiger partial charge >= 0.3 is 6.18 Å². The number of halogens is 3. The van der Waals surface area contributed by atoms with Crippen molar-refractivity contribution in [1.82, 2.24) is 5.01 Å². The molecule has 1 aliphatic rings. The number of hydrogen-bond acceptors (Lipinski definition) is 4. The molecule has 0 saturated carbocycles. The van der Waals surface area contributed by atoms with Crippen LogP contribution in [0, 0.1) is 5.92 Å². The first kappa shape index (κ1) is 25.2. The lowest BCUT2D eigenvalue weighted by Gasteiger charge is -2.46. The molecule has 0 spiro atoms. The highest BCUT2D eigenvalue weighted by Crippen LogP contribution is 2.46. The molecule has 7 heteroatoms. The quantitative estimate of drug-likeness (QED) is 0.407. The topological polar surface area (TPSA) is 47.7 Å². The SMILES string of the molecule is COc1ccc(C(F)(F)F)cc1C(OC)C1CCCN(N)C1C(c1ccccc1)c1ccccc1. The molecule has 4 nitrogen and oxygen atoms in total. The maximum atomic E-state index is 13.6. The fourth-order valence-corrected chi connectivity index (χ4v) is 5.42. The Hall–Kier alpha value is -2.87. The second kappa shape index (κ2) is 10.8. The maximum Gasteiger partial charge on any atom is 0.416 e. The number of hydrazine groups is 1. The lowest BCUT2D eigenvalue weighted by Crippen LogP contribution is -2.54. The normalized spacial score (nSPS) is 20.1. The number of rotatable bonds is 7. The summed E-state index contributed by atoms with van der Waals surface area (Å²) in [7, 11) is 3.00. The van der Waals surface area contributed by atoms with Crippen molar-refractivity contribution in [2.45, 2.75) is 37.1 Å². The summed E-state index contributed by atoms with van der Waals surface area (Å²) in [6, 6.07) is 23.6. The van der Waals surface area contributed by atoms with Gasteiger partial charge in [0, 0.05) is 37.1 Å². The maximum absolute atomic E-state index is 13.6. The predicted octanol–water partition coefficient (Wildman–Crippen LogP) is 6.19. The number of piperidine rings is 1. The van der Waals surface area contributed by atoms with Crippen molar-refractivity contribution in [2.75, 3.05) is 20.8 Å². The van der Waals surface area contributed by atoms with Gasteiger partial charge in [0.25, 0.3) is 0 Å². The highest BCUT2D eigenvalue weighted by atomic mass is 19.4. The minimum absolute atomic E-state index is 0.0952. The predicted molar refractivity (Wildman–Crippen MR) is 130 cm³/mol. The van der Waals surface area contributed by atoms with Gasteiger partial charge in [-0.25, -0.2) is 5.01 Å². The van der Waals surface area contributed by atoms with E-state index in [4.69, 9.17) is 15.3 Å². The highest BCUT2D eigenvalue weighted by Gasteiger charge is 2.43. The van der Waals surface area contributed by atoms with E-state index in [0.29, 0.717) is 17.9 Å². The van der Waals surface area contributed by atoms with E-state index >= 15 is 0 Å². The lowest BCUT2D eigenvalue weighted by molar-refractivity contribution is -0.137. The van der Waals surface area contributed by atoms with Crippen LogP contribution in [0.25, 0.3) is 0 Å². The summed E-state index contributed by atoms with van der Waals surface area (Å²) in [5.74, 6) is 6.75. The molecule has 0 aromatic heterocycles. The Kier molecular flexibility index (Phi) is 7.79. The van der Waals surface area contributed by atoms with Gasteiger partial charge in [0.1, 0.15) is 5.75 Å². The van der Waals surface area contributed by atoms with Crippen LogP contribution in [0.15, 0.2) is 78.9 Å². The molecule has 2 N–H and O–H groups in total. The van der Waals surface area contributed by atoms with Crippen LogP contribution in [0.4, 0.5) is 13.2 Å². The molecule has 35 heavy (non-hydrogen) atoms. The van der Waals surface area contributed by atoms with Crippen LogP contribution in [-0.4, -0.2) is 31.8 Å². The molecule has 3 unspecified atom stereocenters. The van der Waals surface area contributed by atoms with Gasteiger partial charge in [0.15, 0.2) is 0 Å². The Labute approximate surface area is 204 Å². The van der Waals surface area contributed by atoms with E-state index in [1.54, 1.807) is 0 Å². The van der Waals surface area contributed by atoms with E-state index in [-0.39, 0.29) is 17.9 Å². The van der Waals surface area contributed by atoms with Crippen LogP contribution < -0.4 is 10.6 Å². The molecule has 4 rings (SSSR count). The summed E-state index contributed by atoms with van der Waals surface area (Å²) < 4.78 is 52.3. The molecule has 0 amide bonds. The van der Waals surface area contributed by atoms with E-state index in [1.165, 1.54) is 20.3 Å². The summed E-state index contributed by atoms with van der Waals surface area (Å²) in [5, 5.41) is 1.84. The standard InChI is InChI=1S/C28H31F3N2O2/c1-34-24-16-15-21(28(29,30)31)18-23(24)27(35-2)22-14-9-17-33(32)26(22)25(19-10-5-3-6-11-19)20-12-7-4-8-13-20/h3-8,10-13,15-16,18,22,25-27H,9,14,17,32H2,1-2H3. The molecule has 1 aliphatic heterocycles. The molecule has 1 fully saturated rings. The molecule has 0 aliphatic carbocycles. The van der Waals surface area contributed by atoms with Gasteiger partial charge in [0.05, 0.1) is 18.8 Å². The van der Waals surface area contributed by atoms with E-state index < -0.39 is 17.8 Å². The van der Waals surface area contributed by atoms with Gasteiger partial charge in [-0.1, -0.05) is 60.7 Å². The number of methoxy groups -OCH3 is 2.